The molecule has 0 amide bonds. The third-order valence-corrected chi connectivity index (χ3v) is 3.76. The molecule has 2 rings (SSSR count). The number of rotatable bonds is 5. The van der Waals surface area contributed by atoms with Crippen molar-refractivity contribution in [3.8, 4) is 17.2 Å². The van der Waals surface area contributed by atoms with Gasteiger partial charge >= 0.3 is 0 Å². The maximum Gasteiger partial charge on any atom is 0.146 e. The summed E-state index contributed by atoms with van der Waals surface area (Å²) in [5, 5.41) is 4.23. The molecular weight excluding hydrogens is 309 g/mol. The Bertz CT molecular complexity index is 632. The van der Waals surface area contributed by atoms with Crippen LogP contribution in [0.3, 0.4) is 0 Å². The van der Waals surface area contributed by atoms with Gasteiger partial charge in [0.15, 0.2) is 0 Å². The number of nitrogens with one attached hydrogen (secondary N) is 1. The zero-order chi connectivity index (χ0) is 15.4. The van der Waals surface area contributed by atoms with Crippen LogP contribution in [0.4, 0.5) is 0 Å². The minimum atomic E-state index is 0.0715. The van der Waals surface area contributed by atoms with Crippen molar-refractivity contribution in [2.75, 3.05) is 14.2 Å². The molecule has 0 radical (unpaired) electrons. The van der Waals surface area contributed by atoms with Crippen LogP contribution in [-0.4, -0.2) is 14.2 Å². The van der Waals surface area contributed by atoms with Crippen LogP contribution in [0.25, 0.3) is 0 Å². The summed E-state index contributed by atoms with van der Waals surface area (Å²) in [4.78, 5) is 0. The smallest absolute Gasteiger partial charge is 0.146 e. The summed E-state index contributed by atoms with van der Waals surface area (Å²) in [5.74, 6) is 2.01. The van der Waals surface area contributed by atoms with E-state index in [-0.39, 0.29) is 6.04 Å². The van der Waals surface area contributed by atoms with Gasteiger partial charge in [-0.1, -0.05) is 29.3 Å². The van der Waals surface area contributed by atoms with Gasteiger partial charge in [0, 0.05) is 11.1 Å². The van der Waals surface area contributed by atoms with Crippen molar-refractivity contribution >= 4 is 23.2 Å². The molecule has 0 bridgehead atoms. The number of benzene rings is 2. The van der Waals surface area contributed by atoms with Gasteiger partial charge in [0.25, 0.3) is 0 Å². The fourth-order valence-electron chi connectivity index (χ4n) is 2.04. The second kappa shape index (κ2) is 7.03. The van der Waals surface area contributed by atoms with Gasteiger partial charge in [-0.15, -0.1) is 0 Å². The molecule has 0 saturated heterocycles. The molecule has 5 heteroatoms. The highest BCUT2D eigenvalue weighted by Crippen LogP contribution is 2.38. The van der Waals surface area contributed by atoms with Crippen LogP contribution in [0.5, 0.6) is 17.2 Å². The van der Waals surface area contributed by atoms with E-state index in [9.17, 15) is 0 Å². The molecule has 0 saturated carbocycles. The van der Waals surface area contributed by atoms with Crippen LogP contribution in [0.1, 0.15) is 18.5 Å². The van der Waals surface area contributed by atoms with Crippen molar-refractivity contribution < 1.29 is 9.47 Å². The summed E-state index contributed by atoms with van der Waals surface area (Å²) < 4.78 is 11.4. The predicted octanol–water partition coefficient (Wildman–Crippen LogP) is 5.07. The van der Waals surface area contributed by atoms with Gasteiger partial charge in [0.05, 0.1) is 17.7 Å². The van der Waals surface area contributed by atoms with Crippen molar-refractivity contribution in [3.63, 3.8) is 0 Å². The largest absolute Gasteiger partial charge is 0.496 e. The van der Waals surface area contributed by atoms with E-state index in [1.807, 2.05) is 32.2 Å². The minimum absolute atomic E-state index is 0.0715. The van der Waals surface area contributed by atoms with Gasteiger partial charge in [-0.25, -0.2) is 0 Å². The Balaban J connectivity index is 2.43. The first-order chi connectivity index (χ1) is 10.1. The van der Waals surface area contributed by atoms with E-state index >= 15 is 0 Å². The number of hydrogen-bond acceptors (Lipinski definition) is 3. The van der Waals surface area contributed by atoms with Crippen LogP contribution < -0.4 is 14.8 Å². The van der Waals surface area contributed by atoms with Crippen LogP contribution in [0.2, 0.25) is 10.0 Å². The Morgan fingerprint density at radius 3 is 2.38 bits per heavy atom. The van der Waals surface area contributed by atoms with E-state index in [2.05, 4.69) is 5.32 Å². The van der Waals surface area contributed by atoms with Gasteiger partial charge in [0.2, 0.25) is 0 Å². The molecule has 0 spiro atoms. The van der Waals surface area contributed by atoms with Gasteiger partial charge in [-0.05, 0) is 44.3 Å². The maximum absolute atomic E-state index is 6.16. The molecule has 0 aliphatic carbocycles. The van der Waals surface area contributed by atoms with E-state index in [1.165, 1.54) is 0 Å². The topological polar surface area (TPSA) is 30.5 Å². The Morgan fingerprint density at radius 1 is 1.05 bits per heavy atom. The van der Waals surface area contributed by atoms with Gasteiger partial charge < -0.3 is 14.8 Å². The van der Waals surface area contributed by atoms with Gasteiger partial charge in [-0.3, -0.25) is 0 Å². The molecule has 0 aliphatic heterocycles. The molecule has 21 heavy (non-hydrogen) atoms. The Labute approximate surface area is 134 Å². The van der Waals surface area contributed by atoms with Crippen molar-refractivity contribution in [3.05, 3.63) is 52.0 Å². The molecule has 2 aromatic carbocycles. The van der Waals surface area contributed by atoms with Crippen molar-refractivity contribution in [2.24, 2.45) is 0 Å². The summed E-state index contributed by atoms with van der Waals surface area (Å²) in [6, 6.07) is 10.9. The number of hydrogen-bond donors (Lipinski definition) is 1. The van der Waals surface area contributed by atoms with E-state index in [0.29, 0.717) is 21.5 Å². The summed E-state index contributed by atoms with van der Waals surface area (Å²) >= 11 is 12.1. The molecule has 1 N–H and O–H groups in total. The lowest BCUT2D eigenvalue weighted by Crippen LogP contribution is -2.14. The zero-order valence-electron chi connectivity index (χ0n) is 12.1. The van der Waals surface area contributed by atoms with Gasteiger partial charge in [0.1, 0.15) is 17.2 Å². The third kappa shape index (κ3) is 3.62. The molecule has 112 valence electrons. The van der Waals surface area contributed by atoms with Crippen molar-refractivity contribution in [2.45, 2.75) is 13.0 Å². The highest BCUT2D eigenvalue weighted by Gasteiger charge is 2.17. The third-order valence-electron chi connectivity index (χ3n) is 3.23. The minimum Gasteiger partial charge on any atom is -0.496 e. The van der Waals surface area contributed by atoms with Crippen molar-refractivity contribution in [1.29, 1.82) is 0 Å². The Kier molecular flexibility index (Phi) is 5.34. The Hall–Kier alpha value is -1.42. The van der Waals surface area contributed by atoms with E-state index < -0.39 is 0 Å². The second-order valence-corrected chi connectivity index (χ2v) is 5.40. The number of ether oxygens (including phenoxy) is 2. The first kappa shape index (κ1) is 16.0. The Morgan fingerprint density at radius 2 is 1.76 bits per heavy atom. The normalized spacial score (nSPS) is 12.0. The van der Waals surface area contributed by atoms with Gasteiger partial charge in [-0.2, -0.15) is 0 Å². The lowest BCUT2D eigenvalue weighted by Gasteiger charge is -2.19. The van der Waals surface area contributed by atoms with Crippen LogP contribution in [0, 0.1) is 0 Å². The lowest BCUT2D eigenvalue weighted by atomic mass is 10.1. The molecule has 1 unspecified atom stereocenters. The standard InChI is InChI=1S/C16H17Cl2NO2/c1-10(19-2)16-14(20-3)5-4-6-15(16)21-13-8-7-11(17)9-12(13)18/h4-10,19H,1-3H3. The second-order valence-electron chi connectivity index (χ2n) is 4.56. The molecule has 3 nitrogen and oxygen atoms in total. The summed E-state index contributed by atoms with van der Waals surface area (Å²) in [6.45, 7) is 2.04. The summed E-state index contributed by atoms with van der Waals surface area (Å²) in [5.41, 5.74) is 0.938. The maximum atomic E-state index is 6.16. The monoisotopic (exact) mass is 325 g/mol. The average molecular weight is 326 g/mol. The highest BCUT2D eigenvalue weighted by atomic mass is 35.5. The van der Waals surface area contributed by atoms with Crippen LogP contribution in [-0.2, 0) is 0 Å². The fourth-order valence-corrected chi connectivity index (χ4v) is 2.49. The molecule has 0 heterocycles. The molecule has 0 fully saturated rings. The highest BCUT2D eigenvalue weighted by molar-refractivity contribution is 6.35. The molecule has 0 aliphatic rings. The van der Waals surface area contributed by atoms with E-state index in [0.717, 1.165) is 11.3 Å². The number of halogens is 2. The average Bonchev–Trinajstić information content (AvgIpc) is 2.49. The quantitative estimate of drug-likeness (QED) is 0.831. The van der Waals surface area contributed by atoms with E-state index in [4.69, 9.17) is 32.7 Å². The van der Waals surface area contributed by atoms with E-state index in [1.54, 1.807) is 25.3 Å². The van der Waals surface area contributed by atoms with Crippen molar-refractivity contribution in [1.82, 2.24) is 5.32 Å². The number of methoxy groups -OCH3 is 1. The summed E-state index contributed by atoms with van der Waals surface area (Å²) in [6.07, 6.45) is 0. The predicted molar refractivity (Wildman–Crippen MR) is 87.0 cm³/mol. The molecule has 1 atom stereocenters. The fraction of sp³-hybridized carbons (Fsp3) is 0.250. The lowest BCUT2D eigenvalue weighted by molar-refractivity contribution is 0.393. The first-order valence-electron chi connectivity index (χ1n) is 6.54. The zero-order valence-corrected chi connectivity index (χ0v) is 13.6. The first-order valence-corrected chi connectivity index (χ1v) is 7.29. The van der Waals surface area contributed by atoms with Crippen LogP contribution in [0.15, 0.2) is 36.4 Å². The molecular formula is C16H17Cl2NO2. The summed E-state index contributed by atoms with van der Waals surface area (Å²) in [7, 11) is 3.52. The van der Waals surface area contributed by atoms with Crippen LogP contribution >= 0.6 is 23.2 Å². The SMILES string of the molecule is CNC(C)c1c(OC)cccc1Oc1ccc(Cl)cc1Cl. The molecule has 0 aromatic heterocycles. The molecule has 2 aromatic rings.